The highest BCUT2D eigenvalue weighted by Crippen LogP contribution is 2.33. The molecule has 4 aromatic carbocycles. The molecule has 34 heavy (non-hydrogen) atoms. The van der Waals surface area contributed by atoms with Gasteiger partial charge >= 0.3 is 0 Å². The summed E-state index contributed by atoms with van der Waals surface area (Å²) in [5.74, 6) is -0.589. The highest BCUT2D eigenvalue weighted by molar-refractivity contribution is 14.1. The van der Waals surface area contributed by atoms with Crippen molar-refractivity contribution in [2.75, 3.05) is 5.32 Å². The molecule has 4 nitrogen and oxygen atoms in total. The van der Waals surface area contributed by atoms with Crippen LogP contribution in [0.1, 0.15) is 11.1 Å². The maximum Gasteiger partial charge on any atom is 0.266 e. The lowest BCUT2D eigenvalue weighted by atomic mass is 10.1. The summed E-state index contributed by atoms with van der Waals surface area (Å²) < 4.78 is 21.4. The molecule has 168 valence electrons. The Hall–Kier alpha value is -3.22. The minimum Gasteiger partial charge on any atom is -0.487 e. The van der Waals surface area contributed by atoms with Crippen LogP contribution in [0.5, 0.6) is 5.75 Å². The van der Waals surface area contributed by atoms with Crippen LogP contribution in [-0.4, -0.2) is 5.91 Å². The largest absolute Gasteiger partial charge is 0.487 e. The maximum absolute atomic E-state index is 13.8. The van der Waals surface area contributed by atoms with E-state index in [4.69, 9.17) is 4.74 Å². The van der Waals surface area contributed by atoms with Crippen molar-refractivity contribution in [3.8, 4) is 11.8 Å². The lowest BCUT2D eigenvalue weighted by Crippen LogP contribution is -2.14. The van der Waals surface area contributed by atoms with Gasteiger partial charge in [0.15, 0.2) is 0 Å². The van der Waals surface area contributed by atoms with E-state index in [1.54, 1.807) is 12.1 Å². The van der Waals surface area contributed by atoms with Crippen LogP contribution in [0.2, 0.25) is 0 Å². The van der Waals surface area contributed by atoms with Crippen molar-refractivity contribution in [1.29, 1.82) is 5.26 Å². The van der Waals surface area contributed by atoms with E-state index in [9.17, 15) is 14.4 Å². The van der Waals surface area contributed by atoms with Crippen LogP contribution in [0, 0.1) is 20.7 Å². The first-order chi connectivity index (χ1) is 16.4. The molecule has 4 aromatic rings. The number of nitrogens with one attached hydrogen (secondary N) is 1. The molecule has 0 unspecified atom stereocenters. The summed E-state index contributed by atoms with van der Waals surface area (Å²) in [7, 11) is 0. The van der Waals surface area contributed by atoms with Crippen LogP contribution >= 0.6 is 38.5 Å². The van der Waals surface area contributed by atoms with Crippen molar-refractivity contribution in [2.24, 2.45) is 0 Å². The maximum atomic E-state index is 13.8. The third-order valence-electron chi connectivity index (χ3n) is 5.02. The summed E-state index contributed by atoms with van der Waals surface area (Å²) in [5, 5.41) is 14.2. The number of hydrogen-bond acceptors (Lipinski definition) is 3. The van der Waals surface area contributed by atoms with Gasteiger partial charge in [0.1, 0.15) is 29.8 Å². The number of para-hydroxylation sites is 1. The van der Waals surface area contributed by atoms with Crippen molar-refractivity contribution >= 4 is 67.0 Å². The number of carbonyl (C=O) groups excluding carboxylic acids is 1. The Kier molecular flexibility index (Phi) is 7.60. The lowest BCUT2D eigenvalue weighted by Gasteiger charge is -2.12. The number of rotatable bonds is 6. The van der Waals surface area contributed by atoms with E-state index < -0.39 is 11.7 Å². The van der Waals surface area contributed by atoms with Gasteiger partial charge in [0.2, 0.25) is 0 Å². The Morgan fingerprint density at radius 3 is 2.53 bits per heavy atom. The molecule has 0 aliphatic rings. The molecule has 0 atom stereocenters. The standard InChI is InChI=1S/C27H17BrFIN2O2/c28-22-13-18(12-21(15-31)27(33)32-25-8-4-3-7-23(25)29)14-24(30)26(22)34-16-17-9-10-19-5-1-2-6-20(19)11-17/h1-14H,16H2,(H,32,33)/b21-12-. The fraction of sp³-hybridized carbons (Fsp3) is 0.0370. The SMILES string of the molecule is N#C/C(=C/c1cc(Br)c(OCc2ccc3ccccc3c2)c(I)c1)C(=O)Nc1ccccc1F. The van der Waals surface area contributed by atoms with Gasteiger partial charge in [-0.05, 0) is 96.8 Å². The fourth-order valence-electron chi connectivity index (χ4n) is 3.35. The molecule has 0 aliphatic carbocycles. The van der Waals surface area contributed by atoms with Gasteiger partial charge in [0.05, 0.1) is 13.7 Å². The van der Waals surface area contributed by atoms with E-state index in [2.05, 4.69) is 68.1 Å². The van der Waals surface area contributed by atoms with Crippen molar-refractivity contribution in [3.63, 3.8) is 0 Å². The number of ether oxygens (including phenoxy) is 1. The lowest BCUT2D eigenvalue weighted by molar-refractivity contribution is -0.112. The summed E-state index contributed by atoms with van der Waals surface area (Å²) in [4.78, 5) is 12.5. The summed E-state index contributed by atoms with van der Waals surface area (Å²) in [5.41, 5.74) is 1.55. The van der Waals surface area contributed by atoms with Gasteiger partial charge in [0, 0.05) is 0 Å². The number of amides is 1. The van der Waals surface area contributed by atoms with E-state index in [-0.39, 0.29) is 11.3 Å². The topological polar surface area (TPSA) is 62.1 Å². The predicted molar refractivity (Wildman–Crippen MR) is 144 cm³/mol. The molecule has 0 heterocycles. The highest BCUT2D eigenvalue weighted by atomic mass is 127. The summed E-state index contributed by atoms with van der Waals surface area (Å²) >= 11 is 5.68. The Morgan fingerprint density at radius 2 is 1.79 bits per heavy atom. The van der Waals surface area contributed by atoms with Gasteiger partial charge in [-0.3, -0.25) is 4.79 Å². The molecule has 7 heteroatoms. The molecule has 0 bridgehead atoms. The molecule has 0 saturated carbocycles. The van der Waals surface area contributed by atoms with Crippen LogP contribution in [-0.2, 0) is 11.4 Å². The molecule has 1 N–H and O–H groups in total. The van der Waals surface area contributed by atoms with Gasteiger partial charge < -0.3 is 10.1 Å². The van der Waals surface area contributed by atoms with E-state index in [0.717, 1.165) is 14.5 Å². The number of nitrogens with zero attached hydrogens (tertiary/aromatic N) is 1. The van der Waals surface area contributed by atoms with Gasteiger partial charge in [-0.15, -0.1) is 0 Å². The smallest absolute Gasteiger partial charge is 0.266 e. The molecular weight excluding hydrogens is 610 g/mol. The third kappa shape index (κ3) is 5.64. The molecule has 0 aromatic heterocycles. The minimum absolute atomic E-state index is 0.0156. The summed E-state index contributed by atoms with van der Waals surface area (Å²) in [6.45, 7) is 0.392. The molecule has 1 amide bonds. The van der Waals surface area contributed by atoms with E-state index in [1.165, 1.54) is 29.7 Å². The van der Waals surface area contributed by atoms with E-state index in [1.807, 2.05) is 30.3 Å². The number of fused-ring (bicyclic) bond motifs is 1. The molecule has 0 saturated heterocycles. The molecule has 0 aliphatic heterocycles. The monoisotopic (exact) mass is 626 g/mol. The number of benzene rings is 4. The summed E-state index contributed by atoms with van der Waals surface area (Å²) in [6.07, 6.45) is 1.45. The first kappa shape index (κ1) is 23.9. The van der Waals surface area contributed by atoms with Gasteiger partial charge in [-0.2, -0.15) is 5.26 Å². The number of anilines is 1. The third-order valence-corrected chi connectivity index (χ3v) is 6.41. The highest BCUT2D eigenvalue weighted by Gasteiger charge is 2.14. The van der Waals surface area contributed by atoms with Crippen LogP contribution < -0.4 is 10.1 Å². The Bertz CT molecular complexity index is 1440. The molecule has 0 spiro atoms. The number of carbonyl (C=O) groups is 1. The van der Waals surface area contributed by atoms with Crippen molar-refractivity contribution in [3.05, 3.63) is 109 Å². The van der Waals surface area contributed by atoms with Crippen molar-refractivity contribution in [1.82, 2.24) is 0 Å². The second-order valence-electron chi connectivity index (χ2n) is 7.39. The van der Waals surface area contributed by atoms with Gasteiger partial charge in [0.25, 0.3) is 5.91 Å². The molecular formula is C27H17BrFIN2O2. The van der Waals surface area contributed by atoms with Crippen LogP contribution in [0.3, 0.4) is 0 Å². The number of nitriles is 1. The molecule has 0 radical (unpaired) electrons. The predicted octanol–water partition coefficient (Wildman–Crippen LogP) is 7.47. The zero-order chi connectivity index (χ0) is 24.1. The Balaban J connectivity index is 1.51. The van der Waals surface area contributed by atoms with E-state index >= 15 is 0 Å². The van der Waals surface area contributed by atoms with Crippen molar-refractivity contribution in [2.45, 2.75) is 6.61 Å². The zero-order valence-electron chi connectivity index (χ0n) is 17.7. The first-order valence-electron chi connectivity index (χ1n) is 10.2. The number of halogens is 3. The molecule has 4 rings (SSSR count). The minimum atomic E-state index is -0.685. The first-order valence-corrected chi connectivity index (χ1v) is 12.1. The average Bonchev–Trinajstić information content (AvgIpc) is 2.83. The van der Waals surface area contributed by atoms with Crippen LogP contribution in [0.25, 0.3) is 16.8 Å². The van der Waals surface area contributed by atoms with Crippen molar-refractivity contribution < 1.29 is 13.9 Å². The normalized spacial score (nSPS) is 11.2. The Morgan fingerprint density at radius 1 is 1.06 bits per heavy atom. The quantitative estimate of drug-likeness (QED) is 0.137. The van der Waals surface area contributed by atoms with Crippen LogP contribution in [0.15, 0.2) is 88.9 Å². The number of hydrogen-bond donors (Lipinski definition) is 1. The second kappa shape index (κ2) is 10.8. The average molecular weight is 627 g/mol. The van der Waals surface area contributed by atoms with Gasteiger partial charge in [-0.25, -0.2) is 4.39 Å². The van der Waals surface area contributed by atoms with Gasteiger partial charge in [-0.1, -0.05) is 48.5 Å². The van der Waals surface area contributed by atoms with E-state index in [0.29, 0.717) is 22.4 Å². The Labute approximate surface area is 218 Å². The fourth-order valence-corrected chi connectivity index (χ4v) is 5.12. The van der Waals surface area contributed by atoms with Crippen LogP contribution in [0.4, 0.5) is 10.1 Å². The summed E-state index contributed by atoms with van der Waals surface area (Å²) in [6, 6.07) is 25.6. The zero-order valence-corrected chi connectivity index (χ0v) is 21.4. The molecule has 0 fully saturated rings. The second-order valence-corrected chi connectivity index (χ2v) is 9.40.